The Morgan fingerprint density at radius 2 is 1.68 bits per heavy atom. The molecule has 0 aliphatic rings. The molecular weight excluding hydrogens is 457 g/mol. The molecule has 0 unspecified atom stereocenters. The smallest absolute Gasteiger partial charge is 0.435 e. The second kappa shape index (κ2) is 10.1. The van der Waals surface area contributed by atoms with Gasteiger partial charge in [-0.05, 0) is 35.9 Å². The van der Waals surface area contributed by atoms with Crippen molar-refractivity contribution in [2.24, 2.45) is 5.73 Å². The summed E-state index contributed by atoms with van der Waals surface area (Å²) in [7, 11) is 2.73. The van der Waals surface area contributed by atoms with Crippen molar-refractivity contribution in [2.45, 2.75) is 12.7 Å². The lowest BCUT2D eigenvalue weighted by molar-refractivity contribution is -0.141. The van der Waals surface area contributed by atoms with Crippen LogP contribution in [0.4, 0.5) is 13.2 Å². The predicted molar refractivity (Wildman–Crippen MR) is 114 cm³/mol. The van der Waals surface area contributed by atoms with Crippen molar-refractivity contribution in [3.05, 3.63) is 65.5 Å². The van der Waals surface area contributed by atoms with Gasteiger partial charge in [0.1, 0.15) is 0 Å². The number of carbonyl (C=O) groups is 2. The van der Waals surface area contributed by atoms with Crippen LogP contribution in [0.3, 0.4) is 0 Å². The van der Waals surface area contributed by atoms with E-state index < -0.39 is 30.3 Å². The van der Waals surface area contributed by atoms with Crippen molar-refractivity contribution in [1.29, 1.82) is 0 Å². The number of rotatable bonds is 9. The number of benzene rings is 2. The van der Waals surface area contributed by atoms with E-state index in [0.29, 0.717) is 11.3 Å². The number of nitrogens with two attached hydrogens (primary N) is 1. The minimum Gasteiger partial charge on any atom is -0.493 e. The zero-order chi connectivity index (χ0) is 24.9. The molecule has 0 aliphatic heterocycles. The number of amides is 2. The summed E-state index contributed by atoms with van der Waals surface area (Å²) in [6.07, 6.45) is -3.30. The fraction of sp³-hybridized carbons (Fsp3) is 0.227. The van der Waals surface area contributed by atoms with E-state index in [1.54, 1.807) is 24.3 Å². The summed E-state index contributed by atoms with van der Waals surface area (Å²) >= 11 is 0. The Kier molecular flexibility index (Phi) is 7.29. The molecule has 0 fully saturated rings. The number of nitrogens with zero attached hydrogens (tertiary/aromatic N) is 2. The molecule has 2 amide bonds. The molecule has 0 bridgehead atoms. The predicted octanol–water partition coefficient (Wildman–Crippen LogP) is 2.70. The summed E-state index contributed by atoms with van der Waals surface area (Å²) in [6.45, 7) is -0.249. The van der Waals surface area contributed by atoms with Gasteiger partial charge in [0.05, 0.1) is 19.9 Å². The molecule has 0 saturated carbocycles. The third kappa shape index (κ3) is 5.77. The van der Waals surface area contributed by atoms with Crippen LogP contribution in [0.2, 0.25) is 0 Å². The van der Waals surface area contributed by atoms with Gasteiger partial charge >= 0.3 is 6.18 Å². The van der Waals surface area contributed by atoms with Gasteiger partial charge in [-0.3, -0.25) is 9.59 Å². The van der Waals surface area contributed by atoms with Crippen LogP contribution in [-0.2, 0) is 17.5 Å². The minimum absolute atomic E-state index is 0.128. The van der Waals surface area contributed by atoms with Crippen molar-refractivity contribution in [3.8, 4) is 22.9 Å². The van der Waals surface area contributed by atoms with E-state index in [4.69, 9.17) is 19.9 Å². The van der Waals surface area contributed by atoms with Crippen LogP contribution in [0.25, 0.3) is 5.69 Å². The summed E-state index contributed by atoms with van der Waals surface area (Å²) in [5.74, 6) is -0.655. The first kappa shape index (κ1) is 24.4. The highest BCUT2D eigenvalue weighted by molar-refractivity contribution is 5.95. The first-order valence-electron chi connectivity index (χ1n) is 9.80. The summed E-state index contributed by atoms with van der Waals surface area (Å²) in [4.78, 5) is 23.7. The average molecular weight is 478 g/mol. The molecule has 0 saturated heterocycles. The Bertz CT molecular complexity index is 1150. The van der Waals surface area contributed by atoms with E-state index in [-0.39, 0.29) is 29.4 Å². The van der Waals surface area contributed by atoms with Crippen LogP contribution in [0.1, 0.15) is 21.6 Å². The number of nitrogens with one attached hydrogen (secondary N) is 1. The molecule has 2 aromatic carbocycles. The number of hydrogen-bond acceptors (Lipinski definition) is 6. The molecule has 3 rings (SSSR count). The standard InChI is InChI=1S/C22H21F3N4O5/c1-32-16-9-14(10-17(33-2)20(16)34-12-19(26)30)21(31)27-11-13-3-5-15(6-4-13)29-8-7-18(28-29)22(23,24)25/h3-10H,11-12H2,1-2H3,(H2,26,30)(H,27,31). The maximum absolute atomic E-state index is 12.7. The van der Waals surface area contributed by atoms with Gasteiger partial charge in [0.2, 0.25) is 5.75 Å². The van der Waals surface area contributed by atoms with Crippen molar-refractivity contribution in [3.63, 3.8) is 0 Å². The fourth-order valence-corrected chi connectivity index (χ4v) is 2.97. The van der Waals surface area contributed by atoms with Crippen molar-refractivity contribution in [2.75, 3.05) is 20.8 Å². The number of methoxy groups -OCH3 is 2. The number of ether oxygens (including phenoxy) is 3. The normalized spacial score (nSPS) is 11.1. The number of alkyl halides is 3. The number of halogens is 3. The highest BCUT2D eigenvalue weighted by atomic mass is 19.4. The van der Waals surface area contributed by atoms with E-state index in [2.05, 4.69) is 10.4 Å². The average Bonchev–Trinajstić information content (AvgIpc) is 3.32. The van der Waals surface area contributed by atoms with Gasteiger partial charge in [0, 0.05) is 18.3 Å². The molecule has 0 spiro atoms. The molecule has 9 nitrogen and oxygen atoms in total. The maximum Gasteiger partial charge on any atom is 0.435 e. The van der Waals surface area contributed by atoms with E-state index in [9.17, 15) is 22.8 Å². The molecule has 180 valence electrons. The van der Waals surface area contributed by atoms with Crippen LogP contribution < -0.4 is 25.3 Å². The maximum atomic E-state index is 12.7. The van der Waals surface area contributed by atoms with Crippen molar-refractivity contribution < 1.29 is 37.0 Å². The Balaban J connectivity index is 1.69. The van der Waals surface area contributed by atoms with E-state index in [0.717, 1.165) is 10.7 Å². The molecule has 3 aromatic rings. The summed E-state index contributed by atoms with van der Waals surface area (Å²) in [5.41, 5.74) is 5.47. The van der Waals surface area contributed by atoms with Crippen LogP contribution >= 0.6 is 0 Å². The third-order valence-corrected chi connectivity index (χ3v) is 4.62. The summed E-state index contributed by atoms with van der Waals surface area (Å²) < 4.78 is 55.1. The molecule has 12 heteroatoms. The van der Waals surface area contributed by atoms with Crippen LogP contribution in [0.15, 0.2) is 48.7 Å². The zero-order valence-electron chi connectivity index (χ0n) is 18.2. The van der Waals surface area contributed by atoms with Crippen LogP contribution in [0.5, 0.6) is 17.2 Å². The van der Waals surface area contributed by atoms with Gasteiger partial charge in [0.15, 0.2) is 23.8 Å². The lowest BCUT2D eigenvalue weighted by Gasteiger charge is -2.15. The van der Waals surface area contributed by atoms with E-state index in [1.165, 1.54) is 32.5 Å². The highest BCUT2D eigenvalue weighted by Gasteiger charge is 2.33. The van der Waals surface area contributed by atoms with Gasteiger partial charge in [-0.1, -0.05) is 12.1 Å². The number of aromatic nitrogens is 2. The second-order valence-electron chi connectivity index (χ2n) is 6.96. The lowest BCUT2D eigenvalue weighted by atomic mass is 10.1. The Morgan fingerprint density at radius 3 is 2.18 bits per heavy atom. The monoisotopic (exact) mass is 478 g/mol. The highest BCUT2D eigenvalue weighted by Crippen LogP contribution is 2.38. The first-order chi connectivity index (χ1) is 16.1. The minimum atomic E-state index is -4.52. The molecule has 34 heavy (non-hydrogen) atoms. The first-order valence-corrected chi connectivity index (χ1v) is 9.80. The van der Waals surface area contributed by atoms with Gasteiger partial charge in [-0.15, -0.1) is 0 Å². The molecule has 0 aliphatic carbocycles. The molecule has 1 aromatic heterocycles. The number of hydrogen-bond donors (Lipinski definition) is 2. The molecule has 1 heterocycles. The van der Waals surface area contributed by atoms with Crippen molar-refractivity contribution >= 4 is 11.8 Å². The second-order valence-corrected chi connectivity index (χ2v) is 6.96. The lowest BCUT2D eigenvalue weighted by Crippen LogP contribution is -2.23. The fourth-order valence-electron chi connectivity index (χ4n) is 2.97. The topological polar surface area (TPSA) is 118 Å². The quantitative estimate of drug-likeness (QED) is 0.488. The van der Waals surface area contributed by atoms with E-state index in [1.807, 2.05) is 0 Å². The van der Waals surface area contributed by atoms with Gasteiger partial charge in [0.25, 0.3) is 11.8 Å². The summed E-state index contributed by atoms with van der Waals surface area (Å²) in [5, 5.41) is 6.25. The van der Waals surface area contributed by atoms with Crippen molar-refractivity contribution in [1.82, 2.24) is 15.1 Å². The molecule has 3 N–H and O–H groups in total. The molecular formula is C22H21F3N4O5. The zero-order valence-corrected chi connectivity index (χ0v) is 18.2. The van der Waals surface area contributed by atoms with Crippen LogP contribution in [-0.4, -0.2) is 42.4 Å². The Hall–Kier alpha value is -4.22. The Morgan fingerprint density at radius 1 is 1.06 bits per heavy atom. The number of primary amides is 1. The van der Waals surface area contributed by atoms with Gasteiger partial charge in [-0.25, -0.2) is 4.68 Å². The van der Waals surface area contributed by atoms with E-state index >= 15 is 0 Å². The van der Waals surface area contributed by atoms with Crippen LogP contribution in [0, 0.1) is 0 Å². The molecule has 0 radical (unpaired) electrons. The Labute approximate surface area is 192 Å². The van der Waals surface area contributed by atoms with Gasteiger partial charge < -0.3 is 25.3 Å². The number of carbonyl (C=O) groups excluding carboxylic acids is 2. The molecule has 0 atom stereocenters. The van der Waals surface area contributed by atoms with Gasteiger partial charge in [-0.2, -0.15) is 18.3 Å². The summed E-state index contributed by atoms with van der Waals surface area (Å²) in [6, 6.07) is 10.2. The largest absolute Gasteiger partial charge is 0.493 e. The SMILES string of the molecule is COc1cc(C(=O)NCc2ccc(-n3ccc(C(F)(F)F)n3)cc2)cc(OC)c1OCC(N)=O. The third-order valence-electron chi connectivity index (χ3n) is 4.62.